The first kappa shape index (κ1) is 31.0. The highest BCUT2D eigenvalue weighted by molar-refractivity contribution is 7.99. The summed E-state index contributed by atoms with van der Waals surface area (Å²) in [4.78, 5) is 18.2. The number of carbonyl (C=O) groups excluding carboxylic acids is 1. The van der Waals surface area contributed by atoms with Crippen LogP contribution < -0.4 is 5.32 Å². The van der Waals surface area contributed by atoms with Gasteiger partial charge in [0.05, 0.1) is 10.7 Å². The standard InChI is InChI=1S/C33H29F4N5OS2/c1-21-39-28(19-45-21)29-40-41-31(42(29)23-11-9-10-22(34)18-23)44-17-8-2-7-16-32(30(43)38-20-33(35,36)37)26-14-5-3-12-24(26)25-13-4-6-15-27(25)32/h3-6,9-15,18-19H,2,7-8,16-17,20H2,1H3,(H,38,43). The molecule has 0 bridgehead atoms. The first-order valence-corrected chi connectivity index (χ1v) is 16.3. The minimum atomic E-state index is -4.52. The van der Waals surface area contributed by atoms with Gasteiger partial charge in [-0.15, -0.1) is 21.5 Å². The summed E-state index contributed by atoms with van der Waals surface area (Å²) in [5, 5.41) is 14.3. The van der Waals surface area contributed by atoms with Crippen LogP contribution >= 0.6 is 23.1 Å². The molecule has 0 atom stereocenters. The van der Waals surface area contributed by atoms with Crippen LogP contribution in [0.25, 0.3) is 28.3 Å². The highest BCUT2D eigenvalue weighted by Gasteiger charge is 2.49. The number of amides is 1. The summed E-state index contributed by atoms with van der Waals surface area (Å²) in [6, 6.07) is 21.2. The number of aryl methyl sites for hydroxylation is 1. The zero-order valence-corrected chi connectivity index (χ0v) is 25.9. The van der Waals surface area contributed by atoms with Crippen LogP contribution in [0.3, 0.4) is 0 Å². The van der Waals surface area contributed by atoms with Crippen molar-refractivity contribution in [2.75, 3.05) is 12.3 Å². The predicted octanol–water partition coefficient (Wildman–Crippen LogP) is 8.14. The molecule has 0 unspecified atom stereocenters. The van der Waals surface area contributed by atoms with E-state index in [1.807, 2.05) is 60.8 Å². The molecule has 232 valence electrons. The molecule has 1 amide bonds. The lowest BCUT2D eigenvalue weighted by Gasteiger charge is -2.31. The first-order chi connectivity index (χ1) is 21.7. The van der Waals surface area contributed by atoms with E-state index in [2.05, 4.69) is 20.5 Å². The molecule has 0 fully saturated rings. The van der Waals surface area contributed by atoms with E-state index >= 15 is 0 Å². The Balaban J connectivity index is 1.18. The molecule has 0 aliphatic heterocycles. The number of nitrogens with zero attached hydrogens (tertiary/aromatic N) is 4. The molecule has 2 aromatic heterocycles. The van der Waals surface area contributed by atoms with Crippen molar-refractivity contribution >= 4 is 29.0 Å². The van der Waals surface area contributed by atoms with E-state index in [1.54, 1.807) is 16.7 Å². The van der Waals surface area contributed by atoms with Crippen LogP contribution in [0, 0.1) is 12.7 Å². The van der Waals surface area contributed by atoms with Crippen LogP contribution in [0.1, 0.15) is 41.8 Å². The summed E-state index contributed by atoms with van der Waals surface area (Å²) in [5.41, 5.74) is 3.23. The lowest BCUT2D eigenvalue weighted by atomic mass is 9.73. The average Bonchev–Trinajstić information content (AvgIpc) is 3.72. The van der Waals surface area contributed by atoms with Crippen LogP contribution in [0.4, 0.5) is 17.6 Å². The molecule has 3 aromatic carbocycles. The molecule has 6 nitrogen and oxygen atoms in total. The highest BCUT2D eigenvalue weighted by Crippen LogP contribution is 2.51. The molecule has 2 heterocycles. The maximum absolute atomic E-state index is 14.2. The number of fused-ring (bicyclic) bond motifs is 3. The number of alkyl halides is 3. The Morgan fingerprint density at radius 3 is 2.31 bits per heavy atom. The van der Waals surface area contributed by atoms with Crippen molar-refractivity contribution in [1.29, 1.82) is 0 Å². The Labute approximate surface area is 265 Å². The van der Waals surface area contributed by atoms with Crippen LogP contribution in [0.15, 0.2) is 83.3 Å². The lowest BCUT2D eigenvalue weighted by Crippen LogP contribution is -2.47. The molecule has 0 spiro atoms. The number of hydrogen-bond donors (Lipinski definition) is 1. The van der Waals surface area contributed by atoms with Crippen molar-refractivity contribution in [2.45, 2.75) is 49.4 Å². The van der Waals surface area contributed by atoms with E-state index < -0.39 is 24.0 Å². The van der Waals surface area contributed by atoms with Gasteiger partial charge in [-0.25, -0.2) is 9.37 Å². The molecule has 0 saturated carbocycles. The summed E-state index contributed by atoms with van der Waals surface area (Å²) < 4.78 is 55.4. The smallest absolute Gasteiger partial charge is 0.346 e. The second-order valence-electron chi connectivity index (χ2n) is 10.8. The number of benzene rings is 3. The maximum Gasteiger partial charge on any atom is 0.405 e. The van der Waals surface area contributed by atoms with E-state index in [0.29, 0.717) is 41.0 Å². The minimum absolute atomic E-state index is 0.363. The van der Waals surface area contributed by atoms with Crippen molar-refractivity contribution in [1.82, 2.24) is 25.1 Å². The van der Waals surface area contributed by atoms with E-state index in [9.17, 15) is 22.4 Å². The average molecular weight is 652 g/mol. The fourth-order valence-electron chi connectivity index (χ4n) is 5.96. The zero-order valence-electron chi connectivity index (χ0n) is 24.3. The molecule has 6 rings (SSSR count). The summed E-state index contributed by atoms with van der Waals surface area (Å²) in [6.07, 6.45) is -2.05. The van der Waals surface area contributed by atoms with Crippen LogP contribution in [-0.4, -0.2) is 44.1 Å². The Morgan fingerprint density at radius 1 is 0.956 bits per heavy atom. The Morgan fingerprint density at radius 2 is 1.67 bits per heavy atom. The van der Waals surface area contributed by atoms with Gasteiger partial charge < -0.3 is 5.32 Å². The Hall–Kier alpha value is -4.03. The van der Waals surface area contributed by atoms with E-state index in [4.69, 9.17) is 0 Å². The van der Waals surface area contributed by atoms with Crippen LogP contribution in [0.5, 0.6) is 0 Å². The van der Waals surface area contributed by atoms with Crippen molar-refractivity contribution in [3.8, 4) is 28.3 Å². The van der Waals surface area contributed by atoms with E-state index in [1.165, 1.54) is 35.2 Å². The zero-order chi connectivity index (χ0) is 31.6. The van der Waals surface area contributed by atoms with E-state index in [-0.39, 0.29) is 5.82 Å². The third-order valence-electron chi connectivity index (χ3n) is 7.88. The highest BCUT2D eigenvalue weighted by atomic mass is 32.2. The van der Waals surface area contributed by atoms with Crippen molar-refractivity contribution in [3.05, 3.63) is 100 Å². The predicted molar refractivity (Wildman–Crippen MR) is 168 cm³/mol. The molecule has 45 heavy (non-hydrogen) atoms. The van der Waals surface area contributed by atoms with Gasteiger partial charge in [-0.3, -0.25) is 9.36 Å². The van der Waals surface area contributed by atoms with Gasteiger partial charge in [0, 0.05) is 11.1 Å². The molecule has 0 saturated heterocycles. The molecule has 12 heteroatoms. The van der Waals surface area contributed by atoms with E-state index in [0.717, 1.165) is 40.1 Å². The summed E-state index contributed by atoms with van der Waals surface area (Å²) >= 11 is 2.98. The van der Waals surface area contributed by atoms with Gasteiger partial charge in [-0.2, -0.15) is 13.2 Å². The maximum atomic E-state index is 14.2. The van der Waals surface area contributed by atoms with Gasteiger partial charge in [0.25, 0.3) is 0 Å². The molecular weight excluding hydrogens is 623 g/mol. The normalized spacial score (nSPS) is 13.4. The summed E-state index contributed by atoms with van der Waals surface area (Å²) in [5.74, 6) is 0.183. The topological polar surface area (TPSA) is 72.7 Å². The van der Waals surface area contributed by atoms with Gasteiger partial charge in [-0.05, 0) is 60.2 Å². The summed E-state index contributed by atoms with van der Waals surface area (Å²) in [7, 11) is 0. The largest absolute Gasteiger partial charge is 0.405 e. The first-order valence-electron chi connectivity index (χ1n) is 14.5. The number of halogens is 4. The van der Waals surface area contributed by atoms with Gasteiger partial charge in [0.1, 0.15) is 23.5 Å². The Bertz CT molecular complexity index is 1790. The van der Waals surface area contributed by atoms with Gasteiger partial charge in [0.2, 0.25) is 5.91 Å². The molecule has 1 N–H and O–H groups in total. The third-order valence-corrected chi connectivity index (χ3v) is 9.66. The number of carbonyl (C=O) groups is 1. The van der Waals surface area contributed by atoms with Crippen LogP contribution in [0.2, 0.25) is 0 Å². The second-order valence-corrected chi connectivity index (χ2v) is 13.0. The van der Waals surface area contributed by atoms with Gasteiger partial charge >= 0.3 is 6.18 Å². The number of thiazole rings is 1. The number of rotatable bonds is 11. The van der Waals surface area contributed by atoms with Gasteiger partial charge in [0.15, 0.2) is 11.0 Å². The molecule has 0 radical (unpaired) electrons. The van der Waals surface area contributed by atoms with Gasteiger partial charge in [-0.1, -0.05) is 79.2 Å². The molecule has 1 aliphatic rings. The Kier molecular flexibility index (Phi) is 8.78. The minimum Gasteiger partial charge on any atom is -0.346 e. The molecular formula is C33H29F4N5OS2. The van der Waals surface area contributed by atoms with Crippen molar-refractivity contribution in [3.63, 3.8) is 0 Å². The quantitative estimate of drug-likeness (QED) is 0.0887. The molecule has 5 aromatic rings. The van der Waals surface area contributed by atoms with Crippen molar-refractivity contribution < 1.29 is 22.4 Å². The fourth-order valence-corrected chi connectivity index (χ4v) is 7.50. The number of hydrogen-bond acceptors (Lipinski definition) is 6. The molecule has 1 aliphatic carbocycles. The number of aromatic nitrogens is 4. The van der Waals surface area contributed by atoms with Crippen molar-refractivity contribution in [2.24, 2.45) is 0 Å². The monoisotopic (exact) mass is 651 g/mol. The lowest BCUT2D eigenvalue weighted by molar-refractivity contribution is -0.141. The number of unbranched alkanes of at least 4 members (excludes halogenated alkanes) is 2. The number of nitrogens with one attached hydrogen (secondary N) is 1. The third kappa shape index (κ3) is 6.26. The van der Waals surface area contributed by atoms with Crippen LogP contribution in [-0.2, 0) is 10.2 Å². The second kappa shape index (κ2) is 12.8. The summed E-state index contributed by atoms with van der Waals surface area (Å²) in [6.45, 7) is 0.516. The number of thioether (sulfide) groups is 1. The fraction of sp³-hybridized carbons (Fsp3) is 0.273. The SMILES string of the molecule is Cc1nc(-c2nnc(SCCCCCC3(C(=O)NCC(F)(F)F)c4ccccc4-c4ccccc43)n2-c2cccc(F)c2)cs1.